The van der Waals surface area contributed by atoms with Gasteiger partial charge in [0.15, 0.2) is 5.69 Å². The van der Waals surface area contributed by atoms with Crippen molar-refractivity contribution in [2.45, 2.75) is 57.5 Å². The Balaban J connectivity index is 0.000000516. The zero-order chi connectivity index (χ0) is 22.4. The normalized spacial score (nSPS) is 19.8. The van der Waals surface area contributed by atoms with E-state index >= 15 is 0 Å². The van der Waals surface area contributed by atoms with Gasteiger partial charge in [-0.25, -0.2) is 19.6 Å². The molecule has 1 aromatic heterocycles. The molecular formula is C16H19F6N3O4. The predicted molar refractivity (Wildman–Crippen MR) is 85.9 cm³/mol. The summed E-state index contributed by atoms with van der Waals surface area (Å²) < 4.78 is 70.3. The SMILES string of the molecule is CC1CCC(NCc2ncc(C(=O)O)c(C(F)(F)F)n2)CC1.O=C(O)C(F)(F)F. The van der Waals surface area contributed by atoms with Gasteiger partial charge in [0.05, 0.1) is 6.54 Å². The Labute approximate surface area is 161 Å². The second-order valence-electron chi connectivity index (χ2n) is 6.49. The number of carbonyl (C=O) groups is 2. The summed E-state index contributed by atoms with van der Waals surface area (Å²) >= 11 is 0. The molecule has 1 saturated carbocycles. The lowest BCUT2D eigenvalue weighted by Gasteiger charge is -2.26. The van der Waals surface area contributed by atoms with Crippen molar-refractivity contribution in [2.75, 3.05) is 0 Å². The monoisotopic (exact) mass is 431 g/mol. The molecule has 0 amide bonds. The topological polar surface area (TPSA) is 112 Å². The predicted octanol–water partition coefficient (Wildman–Crippen LogP) is 3.50. The molecule has 0 spiro atoms. The summed E-state index contributed by atoms with van der Waals surface area (Å²) in [5.41, 5.74) is -2.33. The van der Waals surface area contributed by atoms with Crippen LogP contribution in [0.4, 0.5) is 26.3 Å². The molecule has 2 rings (SSSR count). The van der Waals surface area contributed by atoms with Gasteiger partial charge in [-0.3, -0.25) is 0 Å². The fourth-order valence-electron chi connectivity index (χ4n) is 2.58. The molecule has 29 heavy (non-hydrogen) atoms. The van der Waals surface area contributed by atoms with Gasteiger partial charge in [0.1, 0.15) is 11.4 Å². The van der Waals surface area contributed by atoms with E-state index in [2.05, 4.69) is 22.2 Å². The third-order valence-corrected chi connectivity index (χ3v) is 4.14. The van der Waals surface area contributed by atoms with E-state index in [1.807, 2.05) is 0 Å². The minimum atomic E-state index is -5.08. The van der Waals surface area contributed by atoms with Crippen LogP contribution in [0.15, 0.2) is 6.20 Å². The third kappa shape index (κ3) is 8.21. The lowest BCUT2D eigenvalue weighted by atomic mass is 9.87. The molecule has 1 aliphatic rings. The van der Waals surface area contributed by atoms with Gasteiger partial charge in [0.2, 0.25) is 0 Å². The van der Waals surface area contributed by atoms with E-state index in [4.69, 9.17) is 15.0 Å². The molecule has 13 heteroatoms. The molecule has 164 valence electrons. The average Bonchev–Trinajstić information content (AvgIpc) is 2.60. The largest absolute Gasteiger partial charge is 0.490 e. The first-order valence-electron chi connectivity index (χ1n) is 8.41. The number of hydrogen-bond acceptors (Lipinski definition) is 5. The number of alkyl halides is 6. The van der Waals surface area contributed by atoms with E-state index in [-0.39, 0.29) is 18.4 Å². The van der Waals surface area contributed by atoms with E-state index in [1.165, 1.54) is 0 Å². The van der Waals surface area contributed by atoms with Crippen LogP contribution in [0.3, 0.4) is 0 Å². The molecule has 1 fully saturated rings. The van der Waals surface area contributed by atoms with E-state index in [1.54, 1.807) is 0 Å². The second-order valence-corrected chi connectivity index (χ2v) is 6.49. The molecule has 0 radical (unpaired) electrons. The smallest absolute Gasteiger partial charge is 0.478 e. The van der Waals surface area contributed by atoms with E-state index in [0.29, 0.717) is 5.92 Å². The van der Waals surface area contributed by atoms with Gasteiger partial charge < -0.3 is 15.5 Å². The maximum Gasteiger partial charge on any atom is 0.490 e. The van der Waals surface area contributed by atoms with Crippen molar-refractivity contribution in [3.05, 3.63) is 23.3 Å². The summed E-state index contributed by atoms with van der Waals surface area (Å²) in [4.78, 5) is 26.8. The Kier molecular flexibility index (Phi) is 8.36. The average molecular weight is 431 g/mol. The van der Waals surface area contributed by atoms with Crippen molar-refractivity contribution < 1.29 is 46.1 Å². The molecule has 1 heterocycles. The number of halogens is 6. The van der Waals surface area contributed by atoms with E-state index in [9.17, 15) is 31.1 Å². The molecule has 1 aromatic rings. The number of nitrogens with one attached hydrogen (secondary N) is 1. The molecule has 0 atom stereocenters. The second kappa shape index (κ2) is 9.85. The van der Waals surface area contributed by atoms with Crippen LogP contribution in [0, 0.1) is 5.92 Å². The van der Waals surface area contributed by atoms with Crippen molar-refractivity contribution in [2.24, 2.45) is 5.92 Å². The number of aromatic carboxylic acids is 1. The Morgan fingerprint density at radius 2 is 1.62 bits per heavy atom. The highest BCUT2D eigenvalue weighted by atomic mass is 19.4. The van der Waals surface area contributed by atoms with Crippen molar-refractivity contribution in [1.29, 1.82) is 0 Å². The first-order valence-corrected chi connectivity index (χ1v) is 8.41. The molecule has 0 bridgehead atoms. The highest BCUT2D eigenvalue weighted by molar-refractivity contribution is 5.88. The summed E-state index contributed by atoms with van der Waals surface area (Å²) in [5, 5.41) is 19.1. The fraction of sp³-hybridized carbons (Fsp3) is 0.625. The van der Waals surface area contributed by atoms with Crippen molar-refractivity contribution >= 4 is 11.9 Å². The number of nitrogens with zero attached hydrogens (tertiary/aromatic N) is 2. The van der Waals surface area contributed by atoms with E-state index in [0.717, 1.165) is 31.9 Å². The quantitative estimate of drug-likeness (QED) is 0.626. The molecule has 0 aromatic carbocycles. The number of carboxylic acids is 2. The molecule has 1 aliphatic carbocycles. The number of rotatable bonds is 4. The van der Waals surface area contributed by atoms with Crippen LogP contribution in [0.5, 0.6) is 0 Å². The van der Waals surface area contributed by atoms with Crippen molar-refractivity contribution in [3.8, 4) is 0 Å². The van der Waals surface area contributed by atoms with Crippen molar-refractivity contribution in [3.63, 3.8) is 0 Å². The fourth-order valence-corrected chi connectivity index (χ4v) is 2.58. The highest BCUT2D eigenvalue weighted by Gasteiger charge is 2.39. The van der Waals surface area contributed by atoms with Gasteiger partial charge in [-0.15, -0.1) is 0 Å². The van der Waals surface area contributed by atoms with Crippen LogP contribution in [0.25, 0.3) is 0 Å². The summed E-state index contributed by atoms with van der Waals surface area (Å²) in [6.07, 6.45) is -5.06. The minimum absolute atomic E-state index is 0.0454. The van der Waals surface area contributed by atoms with E-state index < -0.39 is 35.5 Å². The Hall–Kier alpha value is -2.44. The zero-order valence-electron chi connectivity index (χ0n) is 15.1. The van der Waals surface area contributed by atoms with Gasteiger partial charge in [0.25, 0.3) is 0 Å². The highest BCUT2D eigenvalue weighted by Crippen LogP contribution is 2.30. The Morgan fingerprint density at radius 1 is 1.10 bits per heavy atom. The molecule has 3 N–H and O–H groups in total. The number of carboxylic acid groups (broad SMARTS) is 2. The summed E-state index contributed by atoms with van der Waals surface area (Å²) in [6, 6.07) is 0.244. The van der Waals surface area contributed by atoms with Crippen LogP contribution in [-0.2, 0) is 17.5 Å². The van der Waals surface area contributed by atoms with Crippen LogP contribution in [0.1, 0.15) is 54.5 Å². The van der Waals surface area contributed by atoms with Gasteiger partial charge in [-0.2, -0.15) is 26.3 Å². The zero-order valence-corrected chi connectivity index (χ0v) is 15.1. The van der Waals surface area contributed by atoms with Gasteiger partial charge in [-0.05, 0) is 31.6 Å². The Bertz CT molecular complexity index is 716. The third-order valence-electron chi connectivity index (χ3n) is 4.14. The van der Waals surface area contributed by atoms with Crippen LogP contribution in [0.2, 0.25) is 0 Å². The summed E-state index contributed by atoms with van der Waals surface area (Å²) in [6.45, 7) is 2.28. The molecule has 7 nitrogen and oxygen atoms in total. The lowest BCUT2D eigenvalue weighted by molar-refractivity contribution is -0.192. The van der Waals surface area contributed by atoms with Crippen LogP contribution >= 0.6 is 0 Å². The molecule has 0 aliphatic heterocycles. The summed E-state index contributed by atoms with van der Waals surface area (Å²) in [7, 11) is 0. The standard InChI is InChI=1S/C14H18F3N3O2.C2HF3O2/c1-8-2-4-9(5-3-8)18-7-11-19-6-10(13(21)22)12(20-11)14(15,16)17;3-2(4,5)1(6)7/h6,8-9,18H,2-5,7H2,1H3,(H,21,22);(H,6,7). The molecule has 0 saturated heterocycles. The molecular weight excluding hydrogens is 412 g/mol. The van der Waals surface area contributed by atoms with Crippen LogP contribution < -0.4 is 5.32 Å². The maximum absolute atomic E-state index is 12.9. The number of hydrogen-bond donors (Lipinski definition) is 3. The summed E-state index contributed by atoms with van der Waals surface area (Å²) in [5.74, 6) is -3.81. The van der Waals surface area contributed by atoms with Gasteiger partial charge in [0, 0.05) is 12.2 Å². The first-order chi connectivity index (χ1) is 13.2. The molecule has 0 unspecified atom stereocenters. The maximum atomic E-state index is 12.9. The first kappa shape index (κ1) is 24.6. The van der Waals surface area contributed by atoms with Gasteiger partial charge >= 0.3 is 24.3 Å². The van der Waals surface area contributed by atoms with Gasteiger partial charge in [-0.1, -0.05) is 6.92 Å². The number of aliphatic carboxylic acids is 1. The number of aromatic nitrogens is 2. The lowest BCUT2D eigenvalue weighted by Crippen LogP contribution is -2.33. The Morgan fingerprint density at radius 3 is 2.03 bits per heavy atom. The van der Waals surface area contributed by atoms with Crippen molar-refractivity contribution in [1.82, 2.24) is 15.3 Å². The van der Waals surface area contributed by atoms with Crippen LogP contribution in [-0.4, -0.2) is 44.3 Å². The minimum Gasteiger partial charge on any atom is -0.478 e.